The molecular weight excluding hydrogens is 612 g/mol. The number of esters is 3. The molecule has 0 saturated carbocycles. The SMILES string of the molecule is CCCCCCCCCCCCC(=O)OC[C@@H](COC(=O)CCCCCCCCCCC(C)C)OC(=O)CCCCCCCCCCCC. The van der Waals surface area contributed by atoms with Gasteiger partial charge in [0.1, 0.15) is 13.2 Å². The molecule has 0 aliphatic carbocycles. The highest BCUT2D eigenvalue weighted by molar-refractivity contribution is 5.71. The van der Waals surface area contributed by atoms with Crippen LogP contribution in [0.1, 0.15) is 233 Å². The molecule has 0 bridgehead atoms. The average molecular weight is 695 g/mol. The second-order valence-corrected chi connectivity index (χ2v) is 15.1. The number of rotatable bonds is 38. The number of carbonyl (C=O) groups excluding carboxylic acids is 3. The molecule has 0 aromatic rings. The smallest absolute Gasteiger partial charge is 0.306 e. The van der Waals surface area contributed by atoms with Gasteiger partial charge < -0.3 is 14.2 Å². The summed E-state index contributed by atoms with van der Waals surface area (Å²) in [6, 6.07) is 0. The monoisotopic (exact) mass is 695 g/mol. The van der Waals surface area contributed by atoms with Gasteiger partial charge in [-0.3, -0.25) is 14.4 Å². The van der Waals surface area contributed by atoms with Gasteiger partial charge in [-0.05, 0) is 25.2 Å². The topological polar surface area (TPSA) is 78.9 Å². The summed E-state index contributed by atoms with van der Waals surface area (Å²) in [5.74, 6) is -0.0658. The summed E-state index contributed by atoms with van der Waals surface area (Å²) in [6.45, 7) is 8.93. The standard InChI is InChI=1S/C43H82O6/c1-5-7-9-11-13-15-17-22-26-30-34-41(44)47-37-40(49-43(46)36-32-28-24-18-16-14-12-10-8-6-2)38-48-42(45)35-31-27-23-20-19-21-25-29-33-39(3)4/h39-40H,5-38H2,1-4H3/t40-/m0/s1. The van der Waals surface area contributed by atoms with Crippen LogP contribution in [0.2, 0.25) is 0 Å². The van der Waals surface area contributed by atoms with Gasteiger partial charge in [0.2, 0.25) is 0 Å². The van der Waals surface area contributed by atoms with E-state index in [1.54, 1.807) is 0 Å². The first-order valence-electron chi connectivity index (χ1n) is 21.4. The second kappa shape index (κ2) is 37.7. The molecule has 0 saturated heterocycles. The number of unbranched alkanes of at least 4 members (excludes halogenated alkanes) is 25. The molecule has 0 rings (SSSR count). The Labute approximate surface area is 304 Å². The zero-order chi connectivity index (χ0) is 36.0. The fourth-order valence-corrected chi connectivity index (χ4v) is 6.27. The fourth-order valence-electron chi connectivity index (χ4n) is 6.27. The van der Waals surface area contributed by atoms with E-state index in [9.17, 15) is 14.4 Å². The molecule has 0 N–H and O–H groups in total. The van der Waals surface area contributed by atoms with Gasteiger partial charge >= 0.3 is 17.9 Å². The predicted molar refractivity (Wildman–Crippen MR) is 206 cm³/mol. The third-order valence-electron chi connectivity index (χ3n) is 9.54. The van der Waals surface area contributed by atoms with E-state index >= 15 is 0 Å². The average Bonchev–Trinajstić information content (AvgIpc) is 3.08. The lowest BCUT2D eigenvalue weighted by atomic mass is 10.0. The van der Waals surface area contributed by atoms with Crippen LogP contribution in [0.3, 0.4) is 0 Å². The minimum Gasteiger partial charge on any atom is -0.462 e. The van der Waals surface area contributed by atoms with Gasteiger partial charge in [-0.25, -0.2) is 0 Å². The van der Waals surface area contributed by atoms with E-state index in [0.29, 0.717) is 19.3 Å². The molecule has 0 aromatic heterocycles. The Morgan fingerprint density at radius 3 is 1.00 bits per heavy atom. The van der Waals surface area contributed by atoms with Crippen molar-refractivity contribution in [1.82, 2.24) is 0 Å². The van der Waals surface area contributed by atoms with Crippen LogP contribution in [0.5, 0.6) is 0 Å². The number of hydrogen-bond donors (Lipinski definition) is 0. The highest BCUT2D eigenvalue weighted by atomic mass is 16.6. The van der Waals surface area contributed by atoms with Crippen LogP contribution >= 0.6 is 0 Å². The van der Waals surface area contributed by atoms with Gasteiger partial charge in [0.05, 0.1) is 0 Å². The van der Waals surface area contributed by atoms with E-state index in [1.165, 1.54) is 128 Å². The number of hydrogen-bond acceptors (Lipinski definition) is 6. The van der Waals surface area contributed by atoms with Crippen molar-refractivity contribution in [3.8, 4) is 0 Å². The Morgan fingerprint density at radius 2 is 0.673 bits per heavy atom. The first kappa shape index (κ1) is 47.4. The van der Waals surface area contributed by atoms with Crippen molar-refractivity contribution < 1.29 is 28.6 Å². The summed E-state index contributed by atoms with van der Waals surface area (Å²) in [4.78, 5) is 37.5. The van der Waals surface area contributed by atoms with Gasteiger partial charge in [-0.1, -0.05) is 195 Å². The molecule has 6 nitrogen and oxygen atoms in total. The largest absolute Gasteiger partial charge is 0.462 e. The molecule has 0 amide bonds. The third-order valence-corrected chi connectivity index (χ3v) is 9.54. The Morgan fingerprint density at radius 1 is 0.388 bits per heavy atom. The number of carbonyl (C=O) groups is 3. The van der Waals surface area contributed by atoms with E-state index in [2.05, 4.69) is 27.7 Å². The quantitative estimate of drug-likeness (QED) is 0.0364. The molecule has 0 unspecified atom stereocenters. The van der Waals surface area contributed by atoms with E-state index in [-0.39, 0.29) is 31.1 Å². The molecule has 0 aromatic carbocycles. The Bertz CT molecular complexity index is 736. The third kappa shape index (κ3) is 37.5. The zero-order valence-electron chi connectivity index (χ0n) is 33.1. The summed E-state index contributed by atoms with van der Waals surface area (Å²) in [5, 5.41) is 0. The number of ether oxygens (including phenoxy) is 3. The van der Waals surface area contributed by atoms with Gasteiger partial charge in [-0.15, -0.1) is 0 Å². The second-order valence-electron chi connectivity index (χ2n) is 15.1. The van der Waals surface area contributed by atoms with E-state index in [0.717, 1.165) is 63.7 Å². The first-order chi connectivity index (χ1) is 23.9. The van der Waals surface area contributed by atoms with Crippen molar-refractivity contribution in [2.75, 3.05) is 13.2 Å². The van der Waals surface area contributed by atoms with Crippen LogP contribution in [-0.2, 0) is 28.6 Å². The van der Waals surface area contributed by atoms with Crippen LogP contribution in [0.15, 0.2) is 0 Å². The maximum atomic E-state index is 12.6. The van der Waals surface area contributed by atoms with Crippen LogP contribution in [0.25, 0.3) is 0 Å². The Balaban J connectivity index is 4.34. The summed E-state index contributed by atoms with van der Waals surface area (Å²) in [6.07, 6.45) is 35.2. The molecule has 1 atom stereocenters. The van der Waals surface area contributed by atoms with Gasteiger partial charge in [0.25, 0.3) is 0 Å². The summed E-state index contributed by atoms with van der Waals surface area (Å²) < 4.78 is 16.6. The van der Waals surface area contributed by atoms with Crippen LogP contribution in [0.4, 0.5) is 0 Å². The minimum atomic E-state index is -0.757. The summed E-state index contributed by atoms with van der Waals surface area (Å²) in [7, 11) is 0. The molecular formula is C43H82O6. The molecule has 0 radical (unpaired) electrons. The van der Waals surface area contributed by atoms with Crippen molar-refractivity contribution in [2.24, 2.45) is 5.92 Å². The molecule has 6 heteroatoms. The summed E-state index contributed by atoms with van der Waals surface area (Å²) >= 11 is 0. The molecule has 0 fully saturated rings. The van der Waals surface area contributed by atoms with E-state index in [4.69, 9.17) is 14.2 Å². The van der Waals surface area contributed by atoms with Crippen molar-refractivity contribution in [3.05, 3.63) is 0 Å². The molecule has 0 aliphatic rings. The van der Waals surface area contributed by atoms with Crippen molar-refractivity contribution in [1.29, 1.82) is 0 Å². The molecule has 49 heavy (non-hydrogen) atoms. The van der Waals surface area contributed by atoms with Crippen LogP contribution in [0, 0.1) is 5.92 Å². The first-order valence-corrected chi connectivity index (χ1v) is 21.4. The maximum absolute atomic E-state index is 12.6. The summed E-state index contributed by atoms with van der Waals surface area (Å²) in [5.41, 5.74) is 0. The highest BCUT2D eigenvalue weighted by Crippen LogP contribution is 2.15. The normalized spacial score (nSPS) is 11.9. The molecule has 0 heterocycles. The Kier molecular flexibility index (Phi) is 36.4. The molecule has 290 valence electrons. The van der Waals surface area contributed by atoms with Crippen LogP contribution in [-0.4, -0.2) is 37.2 Å². The van der Waals surface area contributed by atoms with Crippen molar-refractivity contribution in [2.45, 2.75) is 239 Å². The molecule has 0 aliphatic heterocycles. The lowest BCUT2D eigenvalue weighted by Crippen LogP contribution is -2.30. The fraction of sp³-hybridized carbons (Fsp3) is 0.930. The molecule has 0 spiro atoms. The minimum absolute atomic E-state index is 0.0647. The van der Waals surface area contributed by atoms with E-state index < -0.39 is 6.10 Å². The van der Waals surface area contributed by atoms with Gasteiger partial charge in [-0.2, -0.15) is 0 Å². The maximum Gasteiger partial charge on any atom is 0.306 e. The lowest BCUT2D eigenvalue weighted by molar-refractivity contribution is -0.167. The zero-order valence-corrected chi connectivity index (χ0v) is 33.1. The highest BCUT2D eigenvalue weighted by Gasteiger charge is 2.19. The van der Waals surface area contributed by atoms with Crippen molar-refractivity contribution >= 4 is 17.9 Å². The van der Waals surface area contributed by atoms with Gasteiger partial charge in [0.15, 0.2) is 6.10 Å². The Hall–Kier alpha value is -1.59. The van der Waals surface area contributed by atoms with Gasteiger partial charge in [0, 0.05) is 19.3 Å². The van der Waals surface area contributed by atoms with Crippen molar-refractivity contribution in [3.63, 3.8) is 0 Å². The predicted octanol–water partition coefficient (Wildman–Crippen LogP) is 13.2. The van der Waals surface area contributed by atoms with E-state index in [1.807, 2.05) is 0 Å². The lowest BCUT2D eigenvalue weighted by Gasteiger charge is -2.18. The van der Waals surface area contributed by atoms with Crippen LogP contribution < -0.4 is 0 Å².